The Morgan fingerprint density at radius 2 is 1.90 bits per heavy atom. The Morgan fingerprint density at radius 1 is 1.16 bits per heavy atom. The van der Waals surface area contributed by atoms with E-state index in [1.54, 1.807) is 6.20 Å². The van der Waals surface area contributed by atoms with E-state index in [9.17, 15) is 9.90 Å². The highest BCUT2D eigenvalue weighted by atomic mass is 16.5. The first-order valence-corrected chi connectivity index (χ1v) is 12.3. The van der Waals surface area contributed by atoms with Crippen molar-refractivity contribution in [2.75, 3.05) is 18.1 Å². The van der Waals surface area contributed by atoms with Gasteiger partial charge in [0, 0.05) is 24.8 Å². The van der Waals surface area contributed by atoms with Gasteiger partial charge >= 0.3 is 0 Å². The van der Waals surface area contributed by atoms with Gasteiger partial charge in [-0.15, -0.1) is 0 Å². The van der Waals surface area contributed by atoms with Gasteiger partial charge in [0.15, 0.2) is 0 Å². The molecule has 7 rings (SSSR count). The number of nitrogens with two attached hydrogens (primary N) is 1. The number of aromatic nitrogens is 2. The topological polar surface area (TPSA) is 102 Å². The van der Waals surface area contributed by atoms with Crippen LogP contribution in [0.25, 0.3) is 0 Å². The molecule has 1 saturated heterocycles. The minimum absolute atomic E-state index is 0.257. The van der Waals surface area contributed by atoms with Gasteiger partial charge in [0.1, 0.15) is 0 Å². The summed E-state index contributed by atoms with van der Waals surface area (Å²) in [6.45, 7) is 1.47. The van der Waals surface area contributed by atoms with Crippen molar-refractivity contribution in [1.82, 2.24) is 9.97 Å². The summed E-state index contributed by atoms with van der Waals surface area (Å²) in [5, 5.41) is 11.1. The lowest BCUT2D eigenvalue weighted by atomic mass is 9.52. The van der Waals surface area contributed by atoms with Gasteiger partial charge in [-0.25, -0.2) is 9.97 Å². The second-order valence-electron chi connectivity index (χ2n) is 10.9. The van der Waals surface area contributed by atoms with E-state index in [-0.39, 0.29) is 6.04 Å². The molecule has 5 aliphatic carbocycles. The van der Waals surface area contributed by atoms with E-state index in [1.165, 1.54) is 25.7 Å². The van der Waals surface area contributed by atoms with Gasteiger partial charge < -0.3 is 20.5 Å². The lowest BCUT2D eigenvalue weighted by molar-refractivity contribution is -0.134. The van der Waals surface area contributed by atoms with Gasteiger partial charge in [0.2, 0.25) is 5.95 Å². The Balaban J connectivity index is 1.40. The average Bonchev–Trinajstić information content (AvgIpc) is 3.43. The molecule has 0 spiro atoms. The molecule has 6 fully saturated rings. The van der Waals surface area contributed by atoms with Crippen LogP contribution in [-0.2, 0) is 4.74 Å². The minimum Gasteiger partial charge on any atom is -0.390 e. The number of hydrogen-bond donors (Lipinski definition) is 2. The first-order chi connectivity index (χ1) is 15.0. The molecule has 0 radical (unpaired) electrons. The van der Waals surface area contributed by atoms with Crippen LogP contribution >= 0.6 is 0 Å². The zero-order valence-corrected chi connectivity index (χ0v) is 18.2. The highest BCUT2D eigenvalue weighted by molar-refractivity contribution is 5.93. The Labute approximate surface area is 183 Å². The molecule has 31 heavy (non-hydrogen) atoms. The second-order valence-corrected chi connectivity index (χ2v) is 10.9. The Bertz CT molecular complexity index is 848. The average molecular weight is 427 g/mol. The summed E-state index contributed by atoms with van der Waals surface area (Å²) < 4.78 is 5.79. The van der Waals surface area contributed by atoms with Crippen LogP contribution in [0.5, 0.6) is 0 Å². The third-order valence-electron chi connectivity index (χ3n) is 8.86. The Morgan fingerprint density at radius 3 is 2.52 bits per heavy atom. The SMILES string of the molecule is NC(=O)c1cnc(N(C2C3CC4CC2CC(O)(C4)C3)[C@H]2CCOC2)nc1C1CCCC1. The van der Waals surface area contributed by atoms with E-state index in [2.05, 4.69) is 4.90 Å². The van der Waals surface area contributed by atoms with Crippen LogP contribution in [0.3, 0.4) is 0 Å². The van der Waals surface area contributed by atoms with Crippen molar-refractivity contribution in [3.8, 4) is 0 Å². The van der Waals surface area contributed by atoms with Crippen LogP contribution in [0.15, 0.2) is 6.20 Å². The molecule has 1 amide bonds. The smallest absolute Gasteiger partial charge is 0.252 e. The van der Waals surface area contributed by atoms with Crippen molar-refractivity contribution in [2.24, 2.45) is 23.5 Å². The fourth-order valence-corrected chi connectivity index (χ4v) is 7.90. The fraction of sp³-hybridized carbons (Fsp3) is 0.792. The number of hydrogen-bond acceptors (Lipinski definition) is 6. The van der Waals surface area contributed by atoms with E-state index < -0.39 is 11.5 Å². The van der Waals surface area contributed by atoms with Gasteiger partial charge in [-0.2, -0.15) is 0 Å². The maximum absolute atomic E-state index is 12.1. The predicted molar refractivity (Wildman–Crippen MR) is 116 cm³/mol. The highest BCUT2D eigenvalue weighted by Gasteiger charge is 2.57. The molecule has 1 aromatic rings. The number of aliphatic hydroxyl groups is 1. The lowest BCUT2D eigenvalue weighted by Crippen LogP contribution is -2.64. The summed E-state index contributed by atoms with van der Waals surface area (Å²) in [5.74, 6) is 2.23. The third-order valence-corrected chi connectivity index (χ3v) is 8.86. The summed E-state index contributed by atoms with van der Waals surface area (Å²) in [5.41, 5.74) is 6.57. The van der Waals surface area contributed by atoms with Gasteiger partial charge in [-0.05, 0) is 69.1 Å². The van der Waals surface area contributed by atoms with Crippen molar-refractivity contribution in [3.63, 3.8) is 0 Å². The maximum atomic E-state index is 12.1. The summed E-state index contributed by atoms with van der Waals surface area (Å²) in [6, 6.07) is 0.604. The molecule has 4 bridgehead atoms. The lowest BCUT2D eigenvalue weighted by Gasteiger charge is -2.60. The first-order valence-electron chi connectivity index (χ1n) is 12.3. The van der Waals surface area contributed by atoms with Crippen LogP contribution < -0.4 is 10.6 Å². The zero-order valence-electron chi connectivity index (χ0n) is 18.2. The number of nitrogens with zero attached hydrogens (tertiary/aromatic N) is 3. The fourth-order valence-electron chi connectivity index (χ4n) is 7.90. The van der Waals surface area contributed by atoms with Crippen molar-refractivity contribution in [1.29, 1.82) is 0 Å². The van der Waals surface area contributed by atoms with E-state index in [4.69, 9.17) is 20.4 Å². The molecule has 0 aromatic carbocycles. The molecular weight excluding hydrogens is 392 g/mol. The first kappa shape index (κ1) is 19.9. The third kappa shape index (κ3) is 3.35. The summed E-state index contributed by atoms with van der Waals surface area (Å²) in [4.78, 5) is 24.4. The van der Waals surface area contributed by atoms with Gasteiger partial charge in [0.25, 0.3) is 5.91 Å². The molecule has 3 N–H and O–H groups in total. The van der Waals surface area contributed by atoms with Crippen molar-refractivity contribution in [3.05, 3.63) is 17.5 Å². The van der Waals surface area contributed by atoms with E-state index in [0.29, 0.717) is 41.9 Å². The zero-order chi connectivity index (χ0) is 21.2. The predicted octanol–water partition coefficient (Wildman–Crippen LogP) is 2.77. The number of amides is 1. The molecule has 6 aliphatic rings. The standard InChI is InChI=1S/C24H34N4O3/c25-22(29)19-12-26-23(27-20(19)15-3-1-2-4-15)28(18-5-6-31-13-18)21-16-7-14-8-17(21)11-24(30,9-14)10-16/h12,14-18,21,30H,1-11,13H2,(H2,25,29)/t14?,16?,17?,18-,21?,24?/m0/s1. The van der Waals surface area contributed by atoms with E-state index in [1.807, 2.05) is 0 Å². The summed E-state index contributed by atoms with van der Waals surface area (Å²) in [7, 11) is 0. The van der Waals surface area contributed by atoms with Crippen LogP contribution in [0.2, 0.25) is 0 Å². The number of anilines is 1. The quantitative estimate of drug-likeness (QED) is 0.751. The minimum atomic E-state index is -0.462. The van der Waals surface area contributed by atoms with Gasteiger partial charge in [0.05, 0.1) is 29.5 Å². The van der Waals surface area contributed by atoms with Gasteiger partial charge in [-0.1, -0.05) is 12.8 Å². The second kappa shape index (κ2) is 7.41. The Hall–Kier alpha value is -1.73. The molecule has 1 aliphatic heterocycles. The van der Waals surface area contributed by atoms with Crippen molar-refractivity contribution in [2.45, 2.75) is 87.8 Å². The molecule has 2 unspecified atom stereocenters. The molecule has 7 nitrogen and oxygen atoms in total. The molecule has 2 heterocycles. The summed E-state index contributed by atoms with van der Waals surface area (Å²) in [6.07, 6.45) is 12.3. The maximum Gasteiger partial charge on any atom is 0.252 e. The number of rotatable bonds is 5. The number of ether oxygens (including phenoxy) is 1. The number of carbonyl (C=O) groups excluding carboxylic acids is 1. The molecule has 3 atom stereocenters. The molecule has 168 valence electrons. The summed E-state index contributed by atoms with van der Waals surface area (Å²) >= 11 is 0. The van der Waals surface area contributed by atoms with E-state index in [0.717, 1.165) is 56.8 Å². The largest absolute Gasteiger partial charge is 0.390 e. The molecule has 7 heteroatoms. The van der Waals surface area contributed by atoms with Crippen LogP contribution in [0, 0.1) is 17.8 Å². The molecule has 5 saturated carbocycles. The van der Waals surface area contributed by atoms with Crippen molar-refractivity contribution >= 4 is 11.9 Å². The monoisotopic (exact) mass is 426 g/mol. The Kier molecular flexibility index (Phi) is 4.76. The number of primary amides is 1. The molecule has 1 aromatic heterocycles. The van der Waals surface area contributed by atoms with Crippen LogP contribution in [0.1, 0.15) is 86.2 Å². The van der Waals surface area contributed by atoms with Crippen LogP contribution in [-0.4, -0.2) is 51.9 Å². The normalized spacial score (nSPS) is 39.3. The van der Waals surface area contributed by atoms with Crippen LogP contribution in [0.4, 0.5) is 5.95 Å². The highest BCUT2D eigenvalue weighted by Crippen LogP contribution is 2.57. The molecular formula is C24H34N4O3. The van der Waals surface area contributed by atoms with Gasteiger partial charge in [-0.3, -0.25) is 4.79 Å². The van der Waals surface area contributed by atoms with E-state index >= 15 is 0 Å². The number of carbonyl (C=O) groups is 1. The van der Waals surface area contributed by atoms with Crippen molar-refractivity contribution < 1.29 is 14.6 Å².